The van der Waals surface area contributed by atoms with Gasteiger partial charge in [0.05, 0.1) is 0 Å². The summed E-state index contributed by atoms with van der Waals surface area (Å²) in [5.74, 6) is 1.43. The highest BCUT2D eigenvalue weighted by Crippen LogP contribution is 2.32. The Bertz CT molecular complexity index is 391. The average Bonchev–Trinajstić information content (AvgIpc) is 2.30. The van der Waals surface area contributed by atoms with E-state index in [0.717, 1.165) is 4.90 Å². The van der Waals surface area contributed by atoms with Crippen molar-refractivity contribution in [3.05, 3.63) is 0 Å². The molecule has 0 saturated carbocycles. The van der Waals surface area contributed by atoms with Crippen LogP contribution in [0, 0.1) is 17.8 Å². The summed E-state index contributed by atoms with van der Waals surface area (Å²) in [5, 5.41) is 2.22. The molecule has 1 rings (SSSR count). The van der Waals surface area contributed by atoms with Gasteiger partial charge in [0.25, 0.3) is 0 Å². The summed E-state index contributed by atoms with van der Waals surface area (Å²) in [6.07, 6.45) is 6.14. The summed E-state index contributed by atoms with van der Waals surface area (Å²) in [6, 6.07) is -0.673. The van der Waals surface area contributed by atoms with Crippen molar-refractivity contribution in [3.63, 3.8) is 0 Å². The van der Waals surface area contributed by atoms with Crippen LogP contribution in [0.25, 0.3) is 0 Å². The number of nitrogens with zero attached hydrogens (tertiary/aromatic N) is 1. The topological polar surface area (TPSA) is 66.5 Å². The van der Waals surface area contributed by atoms with Crippen LogP contribution in [0.15, 0.2) is 0 Å². The minimum Gasteiger partial charge on any atom is -0.277 e. The molecule has 0 unspecified atom stereocenters. The van der Waals surface area contributed by atoms with Crippen LogP contribution in [0.3, 0.4) is 0 Å². The second-order valence-corrected chi connectivity index (χ2v) is 3.96. The lowest BCUT2D eigenvalue weighted by Crippen LogP contribution is -2.63. The number of barbiturate groups is 1. The van der Waals surface area contributed by atoms with Gasteiger partial charge in [-0.25, -0.2) is 4.79 Å². The molecule has 1 aliphatic rings. The van der Waals surface area contributed by atoms with E-state index in [1.807, 2.05) is 0 Å². The zero-order valence-electron chi connectivity index (χ0n) is 10.1. The summed E-state index contributed by atoms with van der Waals surface area (Å²) in [5.41, 5.74) is -1.12. The second kappa shape index (κ2) is 5.00. The molecular formula is C12H16N2O3. The number of urea groups is 1. The molecule has 0 aromatic heterocycles. The Hall–Kier alpha value is -1.83. The molecule has 4 amide bonds. The molecule has 1 aliphatic heterocycles. The van der Waals surface area contributed by atoms with Crippen molar-refractivity contribution in [3.8, 4) is 12.3 Å². The van der Waals surface area contributed by atoms with Gasteiger partial charge in [-0.2, -0.15) is 0 Å². The lowest BCUT2D eigenvalue weighted by Gasteiger charge is -2.37. The third kappa shape index (κ3) is 2.03. The van der Waals surface area contributed by atoms with Crippen LogP contribution in [0.4, 0.5) is 4.79 Å². The predicted molar refractivity (Wildman–Crippen MR) is 61.7 cm³/mol. The highest BCUT2D eigenvalue weighted by atomic mass is 16.2. The zero-order valence-corrected chi connectivity index (χ0v) is 10.1. The number of nitrogens with one attached hydrogen (secondary N) is 1. The maximum atomic E-state index is 12.2. The number of imide groups is 2. The third-order valence-electron chi connectivity index (χ3n) is 3.24. The molecule has 0 aromatic rings. The molecule has 1 heterocycles. The van der Waals surface area contributed by atoms with E-state index in [2.05, 4.69) is 11.2 Å². The van der Waals surface area contributed by atoms with Crippen molar-refractivity contribution in [2.75, 3.05) is 6.54 Å². The lowest BCUT2D eigenvalue weighted by molar-refractivity contribution is -0.152. The van der Waals surface area contributed by atoms with Gasteiger partial charge in [-0.15, -0.1) is 12.3 Å². The molecule has 5 heteroatoms. The largest absolute Gasteiger partial charge is 0.330 e. The van der Waals surface area contributed by atoms with Gasteiger partial charge < -0.3 is 0 Å². The number of carbonyl (C=O) groups is 3. The Labute approximate surface area is 101 Å². The van der Waals surface area contributed by atoms with Crippen LogP contribution < -0.4 is 5.32 Å². The molecule has 92 valence electrons. The van der Waals surface area contributed by atoms with Crippen LogP contribution in [-0.2, 0) is 9.59 Å². The number of carbonyl (C=O) groups excluding carboxylic acids is 3. The summed E-state index contributed by atoms with van der Waals surface area (Å²) < 4.78 is 0. The number of hydrogen-bond donors (Lipinski definition) is 1. The first kappa shape index (κ1) is 13.2. The van der Waals surface area contributed by atoms with Gasteiger partial charge in [0, 0.05) is 13.0 Å². The fourth-order valence-electron chi connectivity index (χ4n) is 1.98. The Morgan fingerprint density at radius 2 is 1.88 bits per heavy atom. The van der Waals surface area contributed by atoms with E-state index in [0.29, 0.717) is 12.8 Å². The van der Waals surface area contributed by atoms with E-state index >= 15 is 0 Å². The van der Waals surface area contributed by atoms with Crippen molar-refractivity contribution >= 4 is 17.8 Å². The molecule has 1 N–H and O–H groups in total. The normalized spacial score (nSPS) is 18.9. The van der Waals surface area contributed by atoms with Crippen molar-refractivity contribution in [2.45, 2.75) is 33.1 Å². The molecule has 1 saturated heterocycles. The molecule has 0 aromatic carbocycles. The highest BCUT2D eigenvalue weighted by molar-refractivity contribution is 6.19. The van der Waals surface area contributed by atoms with Gasteiger partial charge in [-0.05, 0) is 12.8 Å². The van der Waals surface area contributed by atoms with Crippen molar-refractivity contribution in [2.24, 2.45) is 5.41 Å². The minimum atomic E-state index is -1.12. The first-order valence-corrected chi connectivity index (χ1v) is 5.64. The van der Waals surface area contributed by atoms with Gasteiger partial charge in [0.15, 0.2) is 0 Å². The predicted octanol–water partition coefficient (Wildman–Crippen LogP) is 0.894. The Balaban J connectivity index is 3.03. The summed E-state index contributed by atoms with van der Waals surface area (Å²) in [7, 11) is 0. The van der Waals surface area contributed by atoms with E-state index in [1.54, 1.807) is 13.8 Å². The average molecular weight is 236 g/mol. The van der Waals surface area contributed by atoms with Gasteiger partial charge in [0.1, 0.15) is 5.41 Å². The van der Waals surface area contributed by atoms with Gasteiger partial charge in [-0.3, -0.25) is 19.8 Å². The molecule has 5 nitrogen and oxygen atoms in total. The van der Waals surface area contributed by atoms with E-state index in [-0.39, 0.29) is 13.0 Å². The summed E-state index contributed by atoms with van der Waals surface area (Å²) >= 11 is 0. The number of amides is 4. The second-order valence-electron chi connectivity index (χ2n) is 3.96. The van der Waals surface area contributed by atoms with Gasteiger partial charge in [-0.1, -0.05) is 13.8 Å². The summed E-state index contributed by atoms with van der Waals surface area (Å²) in [6.45, 7) is 3.67. The van der Waals surface area contributed by atoms with Crippen molar-refractivity contribution in [1.82, 2.24) is 10.2 Å². The maximum Gasteiger partial charge on any atom is 0.330 e. The minimum absolute atomic E-state index is 0.149. The van der Waals surface area contributed by atoms with Crippen LogP contribution in [0.1, 0.15) is 33.1 Å². The molecule has 1 fully saturated rings. The Kier molecular flexibility index (Phi) is 3.89. The smallest absolute Gasteiger partial charge is 0.277 e. The molecule has 0 bridgehead atoms. The van der Waals surface area contributed by atoms with Gasteiger partial charge in [0.2, 0.25) is 11.8 Å². The monoisotopic (exact) mass is 236 g/mol. The Morgan fingerprint density at radius 3 is 2.35 bits per heavy atom. The number of hydrogen-bond acceptors (Lipinski definition) is 3. The molecule has 0 radical (unpaired) electrons. The number of terminal acetylenes is 1. The SMILES string of the molecule is C#CCCN1C(=O)NC(=O)C(CC)(CC)C1=O. The van der Waals surface area contributed by atoms with Crippen LogP contribution in [0.5, 0.6) is 0 Å². The van der Waals surface area contributed by atoms with E-state index in [4.69, 9.17) is 6.42 Å². The fraction of sp³-hybridized carbons (Fsp3) is 0.583. The third-order valence-corrected chi connectivity index (χ3v) is 3.24. The van der Waals surface area contributed by atoms with Crippen LogP contribution in [-0.4, -0.2) is 29.3 Å². The van der Waals surface area contributed by atoms with Crippen molar-refractivity contribution in [1.29, 1.82) is 0 Å². The van der Waals surface area contributed by atoms with Crippen LogP contribution >= 0.6 is 0 Å². The van der Waals surface area contributed by atoms with Crippen LogP contribution in [0.2, 0.25) is 0 Å². The highest BCUT2D eigenvalue weighted by Gasteiger charge is 2.51. The molecule has 0 spiro atoms. The zero-order chi connectivity index (χ0) is 13.1. The van der Waals surface area contributed by atoms with Crippen molar-refractivity contribution < 1.29 is 14.4 Å². The summed E-state index contributed by atoms with van der Waals surface area (Å²) in [4.78, 5) is 36.6. The maximum absolute atomic E-state index is 12.2. The molecule has 17 heavy (non-hydrogen) atoms. The standard InChI is InChI=1S/C12H16N2O3/c1-4-7-8-14-10(16)12(5-2,6-3)9(15)13-11(14)17/h1H,5-8H2,2-3H3,(H,13,15,17). The van der Waals surface area contributed by atoms with E-state index in [9.17, 15) is 14.4 Å². The molecule has 0 aliphatic carbocycles. The lowest BCUT2D eigenvalue weighted by atomic mass is 9.78. The quantitative estimate of drug-likeness (QED) is 0.582. The Morgan fingerprint density at radius 1 is 1.29 bits per heavy atom. The first-order chi connectivity index (χ1) is 8.03. The van der Waals surface area contributed by atoms with E-state index < -0.39 is 23.3 Å². The number of rotatable bonds is 4. The fourth-order valence-corrected chi connectivity index (χ4v) is 1.98. The first-order valence-electron chi connectivity index (χ1n) is 5.64. The van der Waals surface area contributed by atoms with Gasteiger partial charge >= 0.3 is 6.03 Å². The molecule has 0 atom stereocenters. The van der Waals surface area contributed by atoms with E-state index in [1.165, 1.54) is 0 Å². The molecular weight excluding hydrogens is 220 g/mol.